The molecular weight excluding hydrogens is 203 g/mol. The minimum absolute atomic E-state index is 0.145. The zero-order valence-electron chi connectivity index (χ0n) is 7.98. The highest BCUT2D eigenvalue weighted by Crippen LogP contribution is 2.28. The van der Waals surface area contributed by atoms with Crippen LogP contribution in [0.2, 0.25) is 5.02 Å². The summed E-state index contributed by atoms with van der Waals surface area (Å²) in [4.78, 5) is 0. The van der Waals surface area contributed by atoms with E-state index < -0.39 is 0 Å². The van der Waals surface area contributed by atoms with Gasteiger partial charge in [0, 0.05) is 10.9 Å². The maximum atomic E-state index is 5.81. The summed E-state index contributed by atoms with van der Waals surface area (Å²) < 4.78 is 0. The zero-order valence-corrected chi connectivity index (χ0v) is 9.49. The molecule has 72 valence electrons. The molecule has 0 radical (unpaired) electrons. The van der Waals surface area contributed by atoms with Gasteiger partial charge in [0.15, 0.2) is 0 Å². The van der Waals surface area contributed by atoms with Gasteiger partial charge in [0.1, 0.15) is 0 Å². The second kappa shape index (κ2) is 4.34. The summed E-state index contributed by atoms with van der Waals surface area (Å²) in [6.45, 7) is 4.39. The van der Waals surface area contributed by atoms with Gasteiger partial charge in [-0.05, 0) is 29.5 Å². The van der Waals surface area contributed by atoms with E-state index >= 15 is 0 Å². The summed E-state index contributed by atoms with van der Waals surface area (Å²) in [5.74, 6) is 0.690. The summed E-state index contributed by atoms with van der Waals surface area (Å²) in [5, 5.41) is 0.783. The monoisotopic (exact) mass is 216 g/mol. The molecule has 0 fully saturated rings. The van der Waals surface area contributed by atoms with E-state index in [1.165, 1.54) is 5.56 Å². The fraction of sp³-hybridized carbons (Fsp3) is 0.455. The molecule has 0 spiro atoms. The largest absolute Gasteiger partial charge is 0.127 e. The van der Waals surface area contributed by atoms with Crippen molar-refractivity contribution >= 4 is 23.2 Å². The molecule has 1 aromatic carbocycles. The lowest BCUT2D eigenvalue weighted by Gasteiger charge is -2.24. The molecule has 1 aromatic rings. The predicted octanol–water partition coefficient (Wildman–Crippen LogP) is 4.25. The maximum Gasteiger partial charge on any atom is 0.0406 e. The summed E-state index contributed by atoms with van der Waals surface area (Å²) in [7, 11) is 0. The molecule has 13 heavy (non-hydrogen) atoms. The van der Waals surface area contributed by atoms with E-state index in [4.69, 9.17) is 23.2 Å². The van der Waals surface area contributed by atoms with Crippen LogP contribution < -0.4 is 0 Å². The van der Waals surface area contributed by atoms with Crippen LogP contribution in [0.4, 0.5) is 0 Å². The number of hydrogen-bond donors (Lipinski definition) is 0. The van der Waals surface area contributed by atoms with Crippen LogP contribution in [-0.4, -0.2) is 5.88 Å². The second-order valence-electron chi connectivity index (χ2n) is 3.83. The summed E-state index contributed by atoms with van der Waals surface area (Å²) in [6.07, 6.45) is 0.982. The van der Waals surface area contributed by atoms with Crippen LogP contribution in [0.5, 0.6) is 0 Å². The van der Waals surface area contributed by atoms with Crippen LogP contribution in [-0.2, 0) is 5.41 Å². The molecule has 0 amide bonds. The van der Waals surface area contributed by atoms with Crippen LogP contribution in [0.25, 0.3) is 0 Å². The van der Waals surface area contributed by atoms with E-state index in [2.05, 4.69) is 26.0 Å². The Labute approximate surface area is 89.9 Å². The van der Waals surface area contributed by atoms with Crippen molar-refractivity contribution in [3.8, 4) is 0 Å². The molecule has 0 bridgehead atoms. The fourth-order valence-electron chi connectivity index (χ4n) is 1.28. The maximum absolute atomic E-state index is 5.81. The Bertz CT molecular complexity index is 262. The van der Waals surface area contributed by atoms with Crippen LogP contribution in [0, 0.1) is 0 Å². The number of rotatable bonds is 3. The first-order valence-corrected chi connectivity index (χ1v) is 5.29. The highest BCUT2D eigenvalue weighted by molar-refractivity contribution is 6.30. The fourth-order valence-corrected chi connectivity index (χ4v) is 1.88. The molecule has 0 aromatic heterocycles. The summed E-state index contributed by atoms with van der Waals surface area (Å²) in [6, 6.07) is 7.98. The van der Waals surface area contributed by atoms with Crippen LogP contribution >= 0.6 is 23.2 Å². The van der Waals surface area contributed by atoms with Crippen molar-refractivity contribution in [2.24, 2.45) is 0 Å². The smallest absolute Gasteiger partial charge is 0.0406 e. The Kier molecular flexibility index (Phi) is 3.63. The second-order valence-corrected chi connectivity index (χ2v) is 4.64. The van der Waals surface area contributed by atoms with Crippen molar-refractivity contribution in [2.45, 2.75) is 25.7 Å². The van der Waals surface area contributed by atoms with E-state index in [-0.39, 0.29) is 5.41 Å². The zero-order chi connectivity index (χ0) is 9.90. The van der Waals surface area contributed by atoms with E-state index in [1.54, 1.807) is 0 Å². The number of hydrogen-bond acceptors (Lipinski definition) is 0. The Morgan fingerprint density at radius 2 is 1.69 bits per heavy atom. The highest BCUT2D eigenvalue weighted by atomic mass is 35.5. The van der Waals surface area contributed by atoms with Crippen molar-refractivity contribution < 1.29 is 0 Å². The molecule has 0 N–H and O–H groups in total. The number of benzene rings is 1. The first-order valence-electron chi connectivity index (χ1n) is 4.38. The number of alkyl halides is 1. The molecule has 0 heterocycles. The lowest BCUT2D eigenvalue weighted by Crippen LogP contribution is -2.17. The molecule has 0 aliphatic carbocycles. The van der Waals surface area contributed by atoms with E-state index in [9.17, 15) is 0 Å². The minimum Gasteiger partial charge on any atom is -0.127 e. The van der Waals surface area contributed by atoms with Gasteiger partial charge in [-0.3, -0.25) is 0 Å². The topological polar surface area (TPSA) is 0 Å². The molecule has 1 rings (SSSR count). The first kappa shape index (κ1) is 10.9. The molecular formula is C11H14Cl2. The van der Waals surface area contributed by atoms with Crippen molar-refractivity contribution in [1.29, 1.82) is 0 Å². The third-order valence-corrected chi connectivity index (χ3v) is 2.79. The molecule has 0 saturated heterocycles. The average molecular weight is 217 g/mol. The van der Waals surface area contributed by atoms with E-state index in [1.807, 2.05) is 12.1 Å². The molecule has 2 heteroatoms. The van der Waals surface area contributed by atoms with Crippen LogP contribution in [0.15, 0.2) is 24.3 Å². The molecule has 0 atom stereocenters. The van der Waals surface area contributed by atoms with Crippen LogP contribution in [0.3, 0.4) is 0 Å². The first-order chi connectivity index (χ1) is 6.06. The standard InChI is InChI=1S/C11H14Cl2/c1-11(2,7-8-12)9-3-5-10(13)6-4-9/h3-6H,7-8H2,1-2H3. The van der Waals surface area contributed by atoms with Crippen molar-refractivity contribution in [2.75, 3.05) is 5.88 Å². The number of halogens is 2. The third-order valence-electron chi connectivity index (χ3n) is 2.35. The Morgan fingerprint density at radius 1 is 1.15 bits per heavy atom. The van der Waals surface area contributed by atoms with Gasteiger partial charge in [-0.25, -0.2) is 0 Å². The Balaban J connectivity index is 2.87. The summed E-state index contributed by atoms with van der Waals surface area (Å²) in [5.41, 5.74) is 1.43. The van der Waals surface area contributed by atoms with E-state index in [0.29, 0.717) is 5.88 Å². The third kappa shape index (κ3) is 2.89. The lowest BCUT2D eigenvalue weighted by molar-refractivity contribution is 0.509. The van der Waals surface area contributed by atoms with Gasteiger partial charge in [-0.2, -0.15) is 0 Å². The van der Waals surface area contributed by atoms with Gasteiger partial charge < -0.3 is 0 Å². The average Bonchev–Trinajstić information content (AvgIpc) is 2.05. The van der Waals surface area contributed by atoms with Crippen molar-refractivity contribution in [3.05, 3.63) is 34.9 Å². The van der Waals surface area contributed by atoms with Crippen molar-refractivity contribution in [1.82, 2.24) is 0 Å². The van der Waals surface area contributed by atoms with Gasteiger partial charge in [-0.15, -0.1) is 11.6 Å². The normalized spacial score (nSPS) is 11.7. The molecule has 0 unspecified atom stereocenters. The molecule has 0 aliphatic rings. The molecule has 0 saturated carbocycles. The quantitative estimate of drug-likeness (QED) is 0.664. The van der Waals surface area contributed by atoms with Gasteiger partial charge in [-0.1, -0.05) is 37.6 Å². The lowest BCUT2D eigenvalue weighted by atomic mass is 9.82. The van der Waals surface area contributed by atoms with E-state index in [0.717, 1.165) is 11.4 Å². The van der Waals surface area contributed by atoms with Gasteiger partial charge in [0.2, 0.25) is 0 Å². The Hall–Kier alpha value is -0.200. The minimum atomic E-state index is 0.145. The predicted molar refractivity (Wildman–Crippen MR) is 59.8 cm³/mol. The van der Waals surface area contributed by atoms with Gasteiger partial charge in [0.25, 0.3) is 0 Å². The molecule has 0 aliphatic heterocycles. The SMILES string of the molecule is CC(C)(CCCl)c1ccc(Cl)cc1. The highest BCUT2D eigenvalue weighted by Gasteiger charge is 2.19. The molecule has 0 nitrogen and oxygen atoms in total. The van der Waals surface area contributed by atoms with Gasteiger partial charge in [0.05, 0.1) is 0 Å². The van der Waals surface area contributed by atoms with Crippen LogP contribution in [0.1, 0.15) is 25.8 Å². The Morgan fingerprint density at radius 3 is 2.15 bits per heavy atom. The summed E-state index contributed by atoms with van der Waals surface area (Å²) >= 11 is 11.6. The van der Waals surface area contributed by atoms with Gasteiger partial charge >= 0.3 is 0 Å². The van der Waals surface area contributed by atoms with Crippen molar-refractivity contribution in [3.63, 3.8) is 0 Å².